The van der Waals surface area contributed by atoms with Gasteiger partial charge in [-0.15, -0.1) is 0 Å². The molecule has 1 fully saturated rings. The van der Waals surface area contributed by atoms with Gasteiger partial charge in [0.05, 0.1) is 38.0 Å². The van der Waals surface area contributed by atoms with Gasteiger partial charge in [-0.25, -0.2) is 0 Å². The summed E-state index contributed by atoms with van der Waals surface area (Å²) in [7, 11) is 1.60. The molecule has 0 aliphatic carbocycles. The van der Waals surface area contributed by atoms with Crippen LogP contribution in [0.5, 0.6) is 5.75 Å². The lowest BCUT2D eigenvalue weighted by molar-refractivity contribution is -0.135. The molecule has 2 N–H and O–H groups in total. The van der Waals surface area contributed by atoms with E-state index in [1.165, 1.54) is 0 Å². The van der Waals surface area contributed by atoms with Crippen molar-refractivity contribution < 1.29 is 19.1 Å². The third-order valence-corrected chi connectivity index (χ3v) is 5.55. The monoisotopic (exact) mass is 422 g/mol. The van der Waals surface area contributed by atoms with Gasteiger partial charge < -0.3 is 19.7 Å². The number of morpholine rings is 1. The van der Waals surface area contributed by atoms with Crippen molar-refractivity contribution in [2.24, 2.45) is 0 Å². The van der Waals surface area contributed by atoms with Gasteiger partial charge in [-0.1, -0.05) is 12.1 Å². The molecule has 4 rings (SSSR count). The van der Waals surface area contributed by atoms with E-state index < -0.39 is 5.92 Å². The Labute approximate surface area is 180 Å². The summed E-state index contributed by atoms with van der Waals surface area (Å²) < 4.78 is 10.6. The largest absolute Gasteiger partial charge is 0.497 e. The Morgan fingerprint density at radius 3 is 2.71 bits per heavy atom. The van der Waals surface area contributed by atoms with Crippen molar-refractivity contribution in [1.82, 2.24) is 15.1 Å². The van der Waals surface area contributed by atoms with Crippen LogP contribution >= 0.6 is 0 Å². The second-order valence-corrected chi connectivity index (χ2v) is 7.52. The molecule has 8 heteroatoms. The van der Waals surface area contributed by atoms with Crippen molar-refractivity contribution in [3.05, 3.63) is 54.2 Å². The molecule has 2 aromatic carbocycles. The number of hydrogen-bond acceptors (Lipinski definition) is 5. The summed E-state index contributed by atoms with van der Waals surface area (Å²) in [6, 6.07) is 13.0. The molecular weight excluding hydrogens is 396 g/mol. The van der Waals surface area contributed by atoms with Gasteiger partial charge in [0.15, 0.2) is 0 Å². The Balaban J connectivity index is 1.49. The first-order valence-corrected chi connectivity index (χ1v) is 10.4. The number of amides is 2. The number of methoxy groups -OCH3 is 1. The molecule has 2 amide bonds. The van der Waals surface area contributed by atoms with Gasteiger partial charge in [0, 0.05) is 30.6 Å². The fourth-order valence-corrected chi connectivity index (χ4v) is 3.77. The number of fused-ring (bicyclic) bond motifs is 1. The van der Waals surface area contributed by atoms with Crippen LogP contribution in [0.4, 0.5) is 5.69 Å². The molecular formula is C23H26N4O4. The van der Waals surface area contributed by atoms with Gasteiger partial charge in [-0.3, -0.25) is 14.7 Å². The van der Waals surface area contributed by atoms with Crippen LogP contribution in [-0.4, -0.2) is 60.3 Å². The molecule has 0 spiro atoms. The van der Waals surface area contributed by atoms with E-state index in [9.17, 15) is 9.59 Å². The number of aromatic nitrogens is 2. The van der Waals surface area contributed by atoms with Gasteiger partial charge in [0.25, 0.3) is 0 Å². The number of carbonyl (C=O) groups is 2. The SMILES string of the molecule is COc1ccc(C(CCC(=O)N2CCOCC2)C(=O)Nc2ccc3[nH]ncc3c2)cc1. The third-order valence-electron chi connectivity index (χ3n) is 5.55. The minimum absolute atomic E-state index is 0.0504. The molecule has 0 radical (unpaired) electrons. The smallest absolute Gasteiger partial charge is 0.231 e. The molecule has 0 bridgehead atoms. The zero-order chi connectivity index (χ0) is 21.6. The van der Waals surface area contributed by atoms with E-state index in [1.54, 1.807) is 18.2 Å². The molecule has 1 aliphatic rings. The highest BCUT2D eigenvalue weighted by Crippen LogP contribution is 2.27. The van der Waals surface area contributed by atoms with Crippen molar-refractivity contribution in [3.8, 4) is 5.75 Å². The number of hydrogen-bond donors (Lipinski definition) is 2. The first-order valence-electron chi connectivity index (χ1n) is 10.4. The number of H-pyrrole nitrogens is 1. The number of rotatable bonds is 7. The van der Waals surface area contributed by atoms with Crippen LogP contribution in [0.15, 0.2) is 48.7 Å². The molecule has 8 nitrogen and oxygen atoms in total. The fraction of sp³-hybridized carbons (Fsp3) is 0.348. The van der Waals surface area contributed by atoms with E-state index in [0.717, 1.165) is 22.2 Å². The maximum atomic E-state index is 13.2. The summed E-state index contributed by atoms with van der Waals surface area (Å²) in [6.07, 6.45) is 2.43. The highest BCUT2D eigenvalue weighted by molar-refractivity contribution is 5.97. The zero-order valence-corrected chi connectivity index (χ0v) is 17.5. The lowest BCUT2D eigenvalue weighted by Crippen LogP contribution is -2.40. The second-order valence-electron chi connectivity index (χ2n) is 7.52. The van der Waals surface area contributed by atoms with E-state index in [1.807, 2.05) is 42.5 Å². The minimum atomic E-state index is -0.462. The highest BCUT2D eigenvalue weighted by Gasteiger charge is 2.24. The van der Waals surface area contributed by atoms with Crippen LogP contribution in [-0.2, 0) is 14.3 Å². The van der Waals surface area contributed by atoms with Crippen LogP contribution < -0.4 is 10.1 Å². The lowest BCUT2D eigenvalue weighted by Gasteiger charge is -2.27. The van der Waals surface area contributed by atoms with E-state index in [0.29, 0.717) is 44.8 Å². The number of nitrogens with one attached hydrogen (secondary N) is 2. The first kappa shape index (κ1) is 20.9. The second kappa shape index (κ2) is 9.61. The number of nitrogens with zero attached hydrogens (tertiary/aromatic N) is 2. The molecule has 1 unspecified atom stereocenters. The molecule has 1 atom stereocenters. The average Bonchev–Trinajstić information content (AvgIpc) is 3.28. The summed E-state index contributed by atoms with van der Waals surface area (Å²) >= 11 is 0. The summed E-state index contributed by atoms with van der Waals surface area (Å²) in [5, 5.41) is 10.8. The highest BCUT2D eigenvalue weighted by atomic mass is 16.5. The predicted molar refractivity (Wildman–Crippen MR) is 117 cm³/mol. The molecule has 1 aromatic heterocycles. The normalized spacial score (nSPS) is 14.9. The third kappa shape index (κ3) is 5.03. The fourth-order valence-electron chi connectivity index (χ4n) is 3.77. The number of aromatic amines is 1. The lowest BCUT2D eigenvalue weighted by atomic mass is 9.92. The summed E-state index contributed by atoms with van der Waals surface area (Å²) in [6.45, 7) is 2.32. The van der Waals surface area contributed by atoms with Gasteiger partial charge in [-0.2, -0.15) is 5.10 Å². The van der Waals surface area contributed by atoms with Crippen molar-refractivity contribution in [1.29, 1.82) is 0 Å². The first-order chi connectivity index (χ1) is 15.1. The van der Waals surface area contributed by atoms with E-state index in [-0.39, 0.29) is 11.8 Å². The molecule has 1 saturated heterocycles. The predicted octanol–water partition coefficient (Wildman–Crippen LogP) is 2.93. The molecule has 0 saturated carbocycles. The Kier molecular flexibility index (Phi) is 6.47. The van der Waals surface area contributed by atoms with Crippen LogP contribution in [0.3, 0.4) is 0 Å². The maximum Gasteiger partial charge on any atom is 0.231 e. The standard InChI is InChI=1S/C23H26N4O4/c1-30-19-5-2-16(3-6-19)20(7-9-22(28)27-10-12-31-13-11-27)23(29)25-18-4-8-21-17(14-18)15-24-26-21/h2-6,8,14-15,20H,7,9-13H2,1H3,(H,24,26)(H,25,29). The summed E-state index contributed by atoms with van der Waals surface area (Å²) in [5.74, 6) is 0.158. The summed E-state index contributed by atoms with van der Waals surface area (Å²) in [5.41, 5.74) is 2.44. The minimum Gasteiger partial charge on any atom is -0.497 e. The van der Waals surface area contributed by atoms with Crippen LogP contribution in [0, 0.1) is 0 Å². The van der Waals surface area contributed by atoms with Crippen molar-refractivity contribution in [3.63, 3.8) is 0 Å². The van der Waals surface area contributed by atoms with Crippen molar-refractivity contribution in [2.45, 2.75) is 18.8 Å². The van der Waals surface area contributed by atoms with Gasteiger partial charge in [0.2, 0.25) is 11.8 Å². The number of benzene rings is 2. The Morgan fingerprint density at radius 1 is 1.19 bits per heavy atom. The average molecular weight is 422 g/mol. The molecule has 162 valence electrons. The van der Waals surface area contributed by atoms with E-state index in [2.05, 4.69) is 15.5 Å². The zero-order valence-electron chi connectivity index (χ0n) is 17.5. The van der Waals surface area contributed by atoms with Crippen LogP contribution in [0.25, 0.3) is 10.9 Å². The van der Waals surface area contributed by atoms with E-state index >= 15 is 0 Å². The van der Waals surface area contributed by atoms with Gasteiger partial charge >= 0.3 is 0 Å². The number of ether oxygens (including phenoxy) is 2. The van der Waals surface area contributed by atoms with Crippen LogP contribution in [0.1, 0.15) is 24.3 Å². The molecule has 1 aliphatic heterocycles. The Bertz CT molecular complexity index is 1040. The molecule has 3 aromatic rings. The van der Waals surface area contributed by atoms with E-state index in [4.69, 9.17) is 9.47 Å². The molecule has 31 heavy (non-hydrogen) atoms. The van der Waals surface area contributed by atoms with Gasteiger partial charge in [0.1, 0.15) is 5.75 Å². The van der Waals surface area contributed by atoms with Crippen molar-refractivity contribution in [2.75, 3.05) is 38.7 Å². The Morgan fingerprint density at radius 2 is 1.97 bits per heavy atom. The summed E-state index contributed by atoms with van der Waals surface area (Å²) in [4.78, 5) is 27.7. The van der Waals surface area contributed by atoms with Crippen molar-refractivity contribution >= 4 is 28.4 Å². The van der Waals surface area contributed by atoms with Crippen LogP contribution in [0.2, 0.25) is 0 Å². The quantitative estimate of drug-likeness (QED) is 0.610. The van der Waals surface area contributed by atoms with Gasteiger partial charge in [-0.05, 0) is 42.3 Å². The maximum absolute atomic E-state index is 13.2. The Hall–Kier alpha value is -3.39. The number of carbonyl (C=O) groups excluding carboxylic acids is 2. The number of anilines is 1. The molecule has 2 heterocycles. The topological polar surface area (TPSA) is 96.5 Å².